The summed E-state index contributed by atoms with van der Waals surface area (Å²) in [4.78, 5) is 13.0. The topological polar surface area (TPSA) is 89.6 Å². The first kappa shape index (κ1) is 23.2. The van der Waals surface area contributed by atoms with Crippen LogP contribution < -0.4 is 5.32 Å². The molecule has 180 valence electrons. The minimum absolute atomic E-state index is 0.00177. The maximum atomic E-state index is 13.3. The Bertz CT molecular complexity index is 1530. The van der Waals surface area contributed by atoms with Gasteiger partial charge in [0, 0.05) is 41.0 Å². The largest absolute Gasteiger partial charge is 0.416 e. The van der Waals surface area contributed by atoms with Crippen molar-refractivity contribution in [1.82, 2.24) is 25.1 Å². The quantitative estimate of drug-likeness (QED) is 0.297. The number of pyridine rings is 1. The number of nitrogens with one attached hydrogen (secondary N) is 1. The number of alkyl halides is 3. The summed E-state index contributed by atoms with van der Waals surface area (Å²) in [6.07, 6.45) is 0.585. The Hall–Kier alpha value is -4.60. The third kappa shape index (κ3) is 4.78. The minimum Gasteiger partial charge on any atom is -0.416 e. The molecule has 0 saturated carbocycles. The second-order valence-corrected chi connectivity index (χ2v) is 8.10. The molecular weight excluding hydrogens is 469 g/mol. The van der Waals surface area contributed by atoms with E-state index in [4.69, 9.17) is 4.42 Å². The van der Waals surface area contributed by atoms with Crippen LogP contribution >= 0.6 is 0 Å². The van der Waals surface area contributed by atoms with Crippen molar-refractivity contribution in [2.75, 3.05) is 5.32 Å². The molecule has 7 nitrogen and oxygen atoms in total. The minimum atomic E-state index is -4.48. The van der Waals surface area contributed by atoms with Crippen molar-refractivity contribution in [2.45, 2.75) is 20.0 Å². The van der Waals surface area contributed by atoms with E-state index in [1.807, 2.05) is 25.1 Å². The van der Waals surface area contributed by atoms with Crippen LogP contribution in [0.3, 0.4) is 0 Å². The number of aryl methyl sites for hydroxylation is 2. The van der Waals surface area contributed by atoms with Gasteiger partial charge in [0.25, 0.3) is 0 Å². The summed E-state index contributed by atoms with van der Waals surface area (Å²) in [7, 11) is 0. The molecule has 0 aliphatic rings. The Labute approximate surface area is 204 Å². The molecule has 0 atom stereocenters. The predicted octanol–water partition coefficient (Wildman–Crippen LogP) is 6.63. The maximum Gasteiger partial charge on any atom is 0.416 e. The highest BCUT2D eigenvalue weighted by atomic mass is 19.4. The van der Waals surface area contributed by atoms with Gasteiger partial charge < -0.3 is 9.73 Å². The second-order valence-electron chi connectivity index (χ2n) is 8.10. The zero-order chi connectivity index (χ0) is 25.3. The van der Waals surface area contributed by atoms with Crippen molar-refractivity contribution < 1.29 is 17.6 Å². The molecule has 0 radical (unpaired) electrons. The first-order valence-electron chi connectivity index (χ1n) is 10.9. The fourth-order valence-electron chi connectivity index (χ4n) is 3.62. The Morgan fingerprint density at radius 1 is 0.806 bits per heavy atom. The molecule has 0 saturated heterocycles. The molecule has 0 aliphatic carbocycles. The highest BCUT2D eigenvalue weighted by Gasteiger charge is 2.33. The van der Waals surface area contributed by atoms with E-state index in [-0.39, 0.29) is 22.9 Å². The van der Waals surface area contributed by atoms with Gasteiger partial charge >= 0.3 is 6.18 Å². The highest BCUT2D eigenvalue weighted by molar-refractivity contribution is 5.69. The van der Waals surface area contributed by atoms with Gasteiger partial charge in [-0.05, 0) is 67.4 Å². The number of halogens is 3. The fraction of sp³-hybridized carbons (Fsp3) is 0.115. The molecule has 0 fully saturated rings. The Balaban J connectivity index is 1.43. The van der Waals surface area contributed by atoms with Crippen LogP contribution in [0.15, 0.2) is 77.6 Å². The average Bonchev–Trinajstić information content (AvgIpc) is 3.36. The van der Waals surface area contributed by atoms with Crippen molar-refractivity contribution in [1.29, 1.82) is 0 Å². The fourth-order valence-corrected chi connectivity index (χ4v) is 3.62. The molecule has 10 heteroatoms. The first-order valence-corrected chi connectivity index (χ1v) is 10.9. The van der Waals surface area contributed by atoms with Gasteiger partial charge in [-0.1, -0.05) is 12.1 Å². The monoisotopic (exact) mass is 488 g/mol. The van der Waals surface area contributed by atoms with E-state index in [1.54, 1.807) is 36.8 Å². The third-order valence-corrected chi connectivity index (χ3v) is 5.56. The van der Waals surface area contributed by atoms with E-state index in [1.165, 1.54) is 19.1 Å². The second kappa shape index (κ2) is 9.21. The summed E-state index contributed by atoms with van der Waals surface area (Å²) in [6, 6.07) is 14.9. The van der Waals surface area contributed by atoms with E-state index in [2.05, 4.69) is 30.5 Å². The van der Waals surface area contributed by atoms with Crippen LogP contribution in [-0.4, -0.2) is 25.1 Å². The van der Waals surface area contributed by atoms with Crippen molar-refractivity contribution >= 4 is 11.6 Å². The molecule has 36 heavy (non-hydrogen) atoms. The maximum absolute atomic E-state index is 13.3. The lowest BCUT2D eigenvalue weighted by molar-refractivity contribution is -0.138. The van der Waals surface area contributed by atoms with Crippen molar-refractivity contribution in [3.8, 4) is 34.2 Å². The number of anilines is 2. The lowest BCUT2D eigenvalue weighted by Crippen LogP contribution is -2.07. The summed E-state index contributed by atoms with van der Waals surface area (Å²) in [5, 5.41) is 11.2. The van der Waals surface area contributed by atoms with Crippen molar-refractivity contribution in [3.05, 3.63) is 89.9 Å². The standard InChI is InChI=1S/C26H19F3N6O/c1-15-5-7-17(12-20(15)26(27,28)29)23-34-35-24(36-23)18-8-6-16(2)22(13-18)33-25-31-11-9-21(32-25)19-4-3-10-30-14-19/h3-14H,1-2H3,(H,31,32,33). The van der Waals surface area contributed by atoms with Gasteiger partial charge in [-0.15, -0.1) is 10.2 Å². The summed E-state index contributed by atoms with van der Waals surface area (Å²) >= 11 is 0. The summed E-state index contributed by atoms with van der Waals surface area (Å²) in [6.45, 7) is 3.32. The number of rotatable bonds is 5. The van der Waals surface area contributed by atoms with Crippen LogP contribution in [0.4, 0.5) is 24.8 Å². The molecule has 0 aliphatic heterocycles. The molecule has 3 aromatic heterocycles. The smallest absolute Gasteiger partial charge is 0.416 e. The molecule has 3 heterocycles. The predicted molar refractivity (Wildman–Crippen MR) is 128 cm³/mol. The molecule has 0 unspecified atom stereocenters. The number of hydrogen-bond donors (Lipinski definition) is 1. The van der Waals surface area contributed by atoms with E-state index < -0.39 is 11.7 Å². The van der Waals surface area contributed by atoms with Crippen LogP contribution in [0.5, 0.6) is 0 Å². The first-order chi connectivity index (χ1) is 17.3. The zero-order valence-electron chi connectivity index (χ0n) is 19.2. The van der Waals surface area contributed by atoms with E-state index in [0.29, 0.717) is 22.9 Å². The normalized spacial score (nSPS) is 11.5. The summed E-state index contributed by atoms with van der Waals surface area (Å²) in [5.41, 5.74) is 3.37. The van der Waals surface area contributed by atoms with Gasteiger partial charge in [0.15, 0.2) is 0 Å². The Morgan fingerprint density at radius 3 is 2.22 bits per heavy atom. The molecule has 0 spiro atoms. The molecule has 0 bridgehead atoms. The Morgan fingerprint density at radius 2 is 1.53 bits per heavy atom. The third-order valence-electron chi connectivity index (χ3n) is 5.56. The number of benzene rings is 2. The lowest BCUT2D eigenvalue weighted by atomic mass is 10.0. The van der Waals surface area contributed by atoms with Crippen LogP contribution in [-0.2, 0) is 6.18 Å². The van der Waals surface area contributed by atoms with Gasteiger partial charge in [-0.25, -0.2) is 9.97 Å². The molecule has 5 rings (SSSR count). The molecular formula is C26H19F3N6O. The zero-order valence-corrected chi connectivity index (χ0v) is 19.2. The number of aromatic nitrogens is 5. The van der Waals surface area contributed by atoms with Gasteiger partial charge in [0.1, 0.15) is 0 Å². The molecule has 1 N–H and O–H groups in total. The van der Waals surface area contributed by atoms with E-state index in [9.17, 15) is 13.2 Å². The van der Waals surface area contributed by atoms with E-state index >= 15 is 0 Å². The molecule has 5 aromatic rings. The lowest BCUT2D eigenvalue weighted by Gasteiger charge is -2.11. The van der Waals surface area contributed by atoms with Crippen LogP contribution in [0.2, 0.25) is 0 Å². The average molecular weight is 488 g/mol. The van der Waals surface area contributed by atoms with E-state index in [0.717, 1.165) is 17.2 Å². The van der Waals surface area contributed by atoms with Crippen molar-refractivity contribution in [3.63, 3.8) is 0 Å². The molecule has 0 amide bonds. The Kier molecular flexibility index (Phi) is 5.93. The summed E-state index contributed by atoms with van der Waals surface area (Å²) < 4.78 is 45.7. The van der Waals surface area contributed by atoms with Crippen LogP contribution in [0.1, 0.15) is 16.7 Å². The SMILES string of the molecule is Cc1ccc(-c2nnc(-c3ccc(C)c(C(F)(F)F)c3)o2)cc1Nc1nccc(-c2cccnc2)n1. The summed E-state index contributed by atoms with van der Waals surface area (Å²) in [5.74, 6) is 0.562. The van der Waals surface area contributed by atoms with Gasteiger partial charge in [-0.3, -0.25) is 4.98 Å². The van der Waals surface area contributed by atoms with Gasteiger partial charge in [-0.2, -0.15) is 13.2 Å². The van der Waals surface area contributed by atoms with Gasteiger partial charge in [0.2, 0.25) is 17.7 Å². The number of hydrogen-bond acceptors (Lipinski definition) is 7. The van der Waals surface area contributed by atoms with Gasteiger partial charge in [0.05, 0.1) is 11.3 Å². The number of nitrogens with zero attached hydrogens (tertiary/aromatic N) is 5. The molecule has 2 aromatic carbocycles. The van der Waals surface area contributed by atoms with Crippen LogP contribution in [0.25, 0.3) is 34.2 Å². The highest BCUT2D eigenvalue weighted by Crippen LogP contribution is 2.35. The van der Waals surface area contributed by atoms with Crippen LogP contribution in [0, 0.1) is 13.8 Å². The van der Waals surface area contributed by atoms with Crippen molar-refractivity contribution in [2.24, 2.45) is 0 Å².